The van der Waals surface area contributed by atoms with Crippen LogP contribution in [0.4, 0.5) is 4.39 Å². The van der Waals surface area contributed by atoms with E-state index in [0.29, 0.717) is 41.3 Å². The van der Waals surface area contributed by atoms with E-state index in [1.54, 1.807) is 29.4 Å². The van der Waals surface area contributed by atoms with Gasteiger partial charge in [-0.3, -0.25) is 4.79 Å². The lowest BCUT2D eigenvalue weighted by Crippen LogP contribution is -2.24. The van der Waals surface area contributed by atoms with Crippen molar-refractivity contribution in [2.45, 2.75) is 18.9 Å². The Morgan fingerprint density at radius 1 is 1.36 bits per heavy atom. The van der Waals surface area contributed by atoms with E-state index in [9.17, 15) is 9.18 Å². The van der Waals surface area contributed by atoms with Gasteiger partial charge >= 0.3 is 0 Å². The molecule has 1 unspecified atom stereocenters. The van der Waals surface area contributed by atoms with Gasteiger partial charge in [-0.05, 0) is 46.3 Å². The number of nitrogens with zero attached hydrogens (tertiary/aromatic N) is 3. The Hall–Kier alpha value is -2.48. The molecule has 3 heterocycles. The van der Waals surface area contributed by atoms with Crippen LogP contribution in [0.15, 0.2) is 50.0 Å². The van der Waals surface area contributed by atoms with Crippen molar-refractivity contribution in [3.05, 3.63) is 58.5 Å². The standard InChI is InChI=1S/C17H13BrFN3O3/c18-13-6-10(3-4-14(13)19)16-20-17(25-21-16)11-7-15(23)22(8-11)9-12-2-1-5-24-12/h1-6,11H,7-9H2. The number of aromatic nitrogens is 2. The van der Waals surface area contributed by atoms with Crippen molar-refractivity contribution in [2.24, 2.45) is 0 Å². The zero-order valence-electron chi connectivity index (χ0n) is 13.0. The van der Waals surface area contributed by atoms with Crippen LogP contribution in [0, 0.1) is 5.82 Å². The summed E-state index contributed by atoms with van der Waals surface area (Å²) in [6, 6.07) is 8.13. The van der Waals surface area contributed by atoms with Gasteiger partial charge in [0.1, 0.15) is 11.6 Å². The largest absolute Gasteiger partial charge is 0.467 e. The molecule has 0 N–H and O–H groups in total. The van der Waals surface area contributed by atoms with Gasteiger partial charge in [-0.25, -0.2) is 4.39 Å². The molecule has 0 bridgehead atoms. The summed E-state index contributed by atoms with van der Waals surface area (Å²) in [5.41, 5.74) is 0.639. The zero-order chi connectivity index (χ0) is 17.4. The molecule has 0 aliphatic carbocycles. The van der Waals surface area contributed by atoms with E-state index in [1.165, 1.54) is 6.07 Å². The van der Waals surface area contributed by atoms with Gasteiger partial charge in [0.05, 0.1) is 23.2 Å². The summed E-state index contributed by atoms with van der Waals surface area (Å²) in [5.74, 6) is 1.01. The van der Waals surface area contributed by atoms with E-state index >= 15 is 0 Å². The number of rotatable bonds is 4. The fourth-order valence-electron chi connectivity index (χ4n) is 2.83. The molecule has 0 radical (unpaired) electrons. The highest BCUT2D eigenvalue weighted by molar-refractivity contribution is 9.10. The van der Waals surface area contributed by atoms with E-state index < -0.39 is 0 Å². The van der Waals surface area contributed by atoms with Gasteiger partial charge in [-0.1, -0.05) is 5.16 Å². The van der Waals surface area contributed by atoms with Crippen molar-refractivity contribution in [1.29, 1.82) is 0 Å². The molecule has 1 atom stereocenters. The maximum Gasteiger partial charge on any atom is 0.232 e. The first kappa shape index (κ1) is 16.0. The summed E-state index contributed by atoms with van der Waals surface area (Å²) in [7, 11) is 0. The fourth-order valence-corrected chi connectivity index (χ4v) is 3.21. The number of hydrogen-bond acceptors (Lipinski definition) is 5. The number of halogens is 2. The molecule has 6 nitrogen and oxygen atoms in total. The van der Waals surface area contributed by atoms with Crippen LogP contribution >= 0.6 is 15.9 Å². The van der Waals surface area contributed by atoms with Crippen LogP contribution in [0.25, 0.3) is 11.4 Å². The van der Waals surface area contributed by atoms with Crippen molar-refractivity contribution in [2.75, 3.05) is 6.54 Å². The molecule has 2 aromatic heterocycles. The van der Waals surface area contributed by atoms with E-state index in [1.807, 2.05) is 6.07 Å². The zero-order valence-corrected chi connectivity index (χ0v) is 14.6. The van der Waals surface area contributed by atoms with Gasteiger partial charge in [0.25, 0.3) is 0 Å². The number of hydrogen-bond donors (Lipinski definition) is 0. The minimum atomic E-state index is -0.359. The quantitative estimate of drug-likeness (QED) is 0.660. The first-order valence-electron chi connectivity index (χ1n) is 7.69. The number of furan rings is 1. The molecule has 4 rings (SSSR count). The number of likely N-dealkylation sites (tertiary alicyclic amines) is 1. The molecule has 1 aromatic carbocycles. The van der Waals surface area contributed by atoms with Crippen LogP contribution < -0.4 is 0 Å². The average Bonchev–Trinajstić information content (AvgIpc) is 3.32. The molecular formula is C17H13BrFN3O3. The lowest BCUT2D eigenvalue weighted by molar-refractivity contribution is -0.128. The normalized spacial score (nSPS) is 17.4. The van der Waals surface area contributed by atoms with E-state index in [4.69, 9.17) is 8.94 Å². The smallest absolute Gasteiger partial charge is 0.232 e. The SMILES string of the molecule is O=C1CC(c2nc(-c3ccc(F)c(Br)c3)no2)CN1Cc1ccco1. The monoisotopic (exact) mass is 405 g/mol. The molecule has 3 aromatic rings. The maximum absolute atomic E-state index is 13.3. The Morgan fingerprint density at radius 3 is 3.00 bits per heavy atom. The molecule has 8 heteroatoms. The van der Waals surface area contributed by atoms with Gasteiger partial charge in [0.2, 0.25) is 17.6 Å². The fraction of sp³-hybridized carbons (Fsp3) is 0.235. The van der Waals surface area contributed by atoms with Gasteiger partial charge in [0, 0.05) is 18.5 Å². The number of benzene rings is 1. The summed E-state index contributed by atoms with van der Waals surface area (Å²) in [6.07, 6.45) is 1.90. The molecule has 1 fully saturated rings. The minimum Gasteiger partial charge on any atom is -0.467 e. The second kappa shape index (κ2) is 6.44. The molecule has 1 aliphatic rings. The minimum absolute atomic E-state index is 0.0191. The number of carbonyl (C=O) groups is 1. The van der Waals surface area contributed by atoms with Crippen molar-refractivity contribution in [3.8, 4) is 11.4 Å². The Kier molecular flexibility index (Phi) is 4.12. The Labute approximate surface area is 150 Å². The summed E-state index contributed by atoms with van der Waals surface area (Å²) in [4.78, 5) is 18.3. The molecular weight excluding hydrogens is 393 g/mol. The van der Waals surface area contributed by atoms with Crippen LogP contribution in [0.5, 0.6) is 0 Å². The lowest BCUT2D eigenvalue weighted by Gasteiger charge is -2.13. The van der Waals surface area contributed by atoms with Gasteiger partial charge in [-0.15, -0.1) is 0 Å². The maximum atomic E-state index is 13.3. The highest BCUT2D eigenvalue weighted by Crippen LogP contribution is 2.30. The lowest BCUT2D eigenvalue weighted by atomic mass is 10.1. The van der Waals surface area contributed by atoms with Gasteiger partial charge in [-0.2, -0.15) is 4.98 Å². The third-order valence-electron chi connectivity index (χ3n) is 4.11. The van der Waals surface area contributed by atoms with Crippen LogP contribution in [0.3, 0.4) is 0 Å². The van der Waals surface area contributed by atoms with Crippen molar-refractivity contribution >= 4 is 21.8 Å². The molecule has 25 heavy (non-hydrogen) atoms. The molecule has 0 spiro atoms. The van der Waals surface area contributed by atoms with Gasteiger partial charge in [0.15, 0.2) is 0 Å². The highest BCUT2D eigenvalue weighted by atomic mass is 79.9. The average molecular weight is 406 g/mol. The van der Waals surface area contributed by atoms with Crippen LogP contribution in [0.2, 0.25) is 0 Å². The molecule has 1 aliphatic heterocycles. The molecule has 0 saturated carbocycles. The van der Waals surface area contributed by atoms with Crippen LogP contribution in [0.1, 0.15) is 24.0 Å². The predicted octanol–water partition coefficient (Wildman–Crippen LogP) is 3.75. The number of amides is 1. The highest BCUT2D eigenvalue weighted by Gasteiger charge is 2.34. The summed E-state index contributed by atoms with van der Waals surface area (Å²) in [5, 5.41) is 3.95. The van der Waals surface area contributed by atoms with E-state index in [2.05, 4.69) is 26.1 Å². The Morgan fingerprint density at radius 2 is 2.24 bits per heavy atom. The second-order valence-electron chi connectivity index (χ2n) is 5.84. The van der Waals surface area contributed by atoms with E-state index in [0.717, 1.165) is 5.76 Å². The van der Waals surface area contributed by atoms with E-state index in [-0.39, 0.29) is 17.6 Å². The summed E-state index contributed by atoms with van der Waals surface area (Å²) in [6.45, 7) is 0.919. The van der Waals surface area contributed by atoms with Crippen molar-refractivity contribution in [3.63, 3.8) is 0 Å². The first-order chi connectivity index (χ1) is 12.1. The van der Waals surface area contributed by atoms with Crippen LogP contribution in [-0.2, 0) is 11.3 Å². The predicted molar refractivity (Wildman–Crippen MR) is 88.9 cm³/mol. The van der Waals surface area contributed by atoms with Crippen molar-refractivity contribution < 1.29 is 18.1 Å². The first-order valence-corrected chi connectivity index (χ1v) is 8.48. The van der Waals surface area contributed by atoms with Gasteiger partial charge < -0.3 is 13.8 Å². The van der Waals surface area contributed by atoms with Crippen molar-refractivity contribution in [1.82, 2.24) is 15.0 Å². The molecule has 128 valence electrons. The third kappa shape index (κ3) is 3.21. The second-order valence-corrected chi connectivity index (χ2v) is 6.69. The summed E-state index contributed by atoms with van der Waals surface area (Å²) >= 11 is 3.14. The van der Waals surface area contributed by atoms with Crippen LogP contribution in [-0.4, -0.2) is 27.5 Å². The molecule has 1 amide bonds. The Balaban J connectivity index is 1.50. The Bertz CT molecular complexity index is 910. The topological polar surface area (TPSA) is 72.4 Å². The number of carbonyl (C=O) groups excluding carboxylic acids is 1. The summed E-state index contributed by atoms with van der Waals surface area (Å²) < 4.78 is 24.3. The third-order valence-corrected chi connectivity index (χ3v) is 4.72. The molecule has 1 saturated heterocycles.